The second-order valence-electron chi connectivity index (χ2n) is 4.02. The van der Waals surface area contributed by atoms with Crippen molar-refractivity contribution >= 4 is 5.97 Å². The fourth-order valence-corrected chi connectivity index (χ4v) is 1.81. The van der Waals surface area contributed by atoms with E-state index in [1.807, 2.05) is 18.2 Å². The molecule has 18 heavy (non-hydrogen) atoms. The molecule has 0 fully saturated rings. The van der Waals surface area contributed by atoms with E-state index in [-0.39, 0.29) is 18.4 Å². The van der Waals surface area contributed by atoms with Crippen LogP contribution >= 0.6 is 0 Å². The average molecular weight is 251 g/mol. The molecule has 0 amide bonds. The Morgan fingerprint density at radius 3 is 2.83 bits per heavy atom. The van der Waals surface area contributed by atoms with Gasteiger partial charge < -0.3 is 19.9 Å². The number of benzene rings is 1. The van der Waals surface area contributed by atoms with Crippen LogP contribution in [0.3, 0.4) is 0 Å². The Morgan fingerprint density at radius 1 is 1.39 bits per heavy atom. The molecule has 2 N–H and O–H groups in total. The Balaban J connectivity index is 2.06. The maximum Gasteiger partial charge on any atom is 0.307 e. The van der Waals surface area contributed by atoms with Gasteiger partial charge in [0.05, 0.1) is 13.0 Å². The maximum atomic E-state index is 11.4. The highest BCUT2D eigenvalue weighted by atomic mass is 16.6. The summed E-state index contributed by atoms with van der Waals surface area (Å²) in [5.74, 6) is 1.10. The minimum absolute atomic E-state index is 0.160. The Hall–Kier alpha value is -1.75. The number of rotatable bonds is 4. The molecule has 1 aliphatic rings. The first-order valence-corrected chi connectivity index (χ1v) is 6.01. The number of carbonyl (C=O) groups excluding carboxylic acids is 1. The Morgan fingerprint density at radius 2 is 2.11 bits per heavy atom. The molecule has 1 atom stereocenters. The number of carbonyl (C=O) groups is 1. The van der Waals surface area contributed by atoms with E-state index in [0.717, 1.165) is 5.56 Å². The Labute approximate surface area is 106 Å². The van der Waals surface area contributed by atoms with Crippen molar-refractivity contribution in [3.63, 3.8) is 0 Å². The van der Waals surface area contributed by atoms with Crippen molar-refractivity contribution in [2.45, 2.75) is 19.4 Å². The molecule has 1 aromatic rings. The van der Waals surface area contributed by atoms with Gasteiger partial charge in [-0.2, -0.15) is 0 Å². The van der Waals surface area contributed by atoms with Gasteiger partial charge in [-0.25, -0.2) is 0 Å². The lowest BCUT2D eigenvalue weighted by Crippen LogP contribution is -2.19. The van der Waals surface area contributed by atoms with Crippen molar-refractivity contribution in [3.05, 3.63) is 23.8 Å². The summed E-state index contributed by atoms with van der Waals surface area (Å²) in [6, 6.07) is 5.09. The third kappa shape index (κ3) is 2.92. The second-order valence-corrected chi connectivity index (χ2v) is 4.02. The molecule has 0 saturated carbocycles. The van der Waals surface area contributed by atoms with Crippen LogP contribution in [0.1, 0.15) is 24.9 Å². The van der Waals surface area contributed by atoms with Gasteiger partial charge in [-0.1, -0.05) is 6.07 Å². The summed E-state index contributed by atoms with van der Waals surface area (Å²) in [6.07, 6.45) is 0.160. The number of nitrogens with two attached hydrogens (primary N) is 1. The molecule has 0 unspecified atom stereocenters. The highest BCUT2D eigenvalue weighted by molar-refractivity contribution is 5.70. The number of hydrogen-bond acceptors (Lipinski definition) is 5. The van der Waals surface area contributed by atoms with E-state index in [9.17, 15) is 4.79 Å². The van der Waals surface area contributed by atoms with Gasteiger partial charge in [0.25, 0.3) is 0 Å². The minimum Gasteiger partial charge on any atom is -0.486 e. The van der Waals surface area contributed by atoms with Crippen LogP contribution in [0.15, 0.2) is 18.2 Å². The zero-order valence-corrected chi connectivity index (χ0v) is 10.3. The topological polar surface area (TPSA) is 70.8 Å². The van der Waals surface area contributed by atoms with Crippen LogP contribution in [-0.4, -0.2) is 25.8 Å². The molecule has 1 heterocycles. The SMILES string of the molecule is CCOC(=O)C[C@H](N)c1ccc2c(c1)OCCO2. The second kappa shape index (κ2) is 5.73. The van der Waals surface area contributed by atoms with E-state index in [1.54, 1.807) is 6.92 Å². The molecule has 0 saturated heterocycles. The van der Waals surface area contributed by atoms with Crippen LogP contribution < -0.4 is 15.2 Å². The van der Waals surface area contributed by atoms with Crippen LogP contribution in [0.5, 0.6) is 11.5 Å². The molecule has 0 spiro atoms. The van der Waals surface area contributed by atoms with Crippen molar-refractivity contribution in [1.82, 2.24) is 0 Å². The average Bonchev–Trinajstić information content (AvgIpc) is 2.38. The van der Waals surface area contributed by atoms with Crippen molar-refractivity contribution in [2.24, 2.45) is 5.73 Å². The lowest BCUT2D eigenvalue weighted by molar-refractivity contribution is -0.143. The van der Waals surface area contributed by atoms with Crippen LogP contribution in [0, 0.1) is 0 Å². The number of esters is 1. The van der Waals surface area contributed by atoms with Crippen LogP contribution in [-0.2, 0) is 9.53 Å². The zero-order chi connectivity index (χ0) is 13.0. The fraction of sp³-hybridized carbons (Fsp3) is 0.462. The molecule has 0 aliphatic carbocycles. The molecular formula is C13H17NO4. The van der Waals surface area contributed by atoms with Crippen molar-refractivity contribution in [1.29, 1.82) is 0 Å². The molecule has 5 heteroatoms. The van der Waals surface area contributed by atoms with E-state index in [4.69, 9.17) is 19.9 Å². The number of fused-ring (bicyclic) bond motifs is 1. The first kappa shape index (κ1) is 12.7. The van der Waals surface area contributed by atoms with Gasteiger partial charge in [-0.05, 0) is 24.6 Å². The maximum absolute atomic E-state index is 11.4. The lowest BCUT2D eigenvalue weighted by atomic mass is 10.0. The quantitative estimate of drug-likeness (QED) is 0.819. The third-order valence-electron chi connectivity index (χ3n) is 2.69. The highest BCUT2D eigenvalue weighted by Gasteiger charge is 2.17. The number of ether oxygens (including phenoxy) is 3. The summed E-state index contributed by atoms with van der Waals surface area (Å²) in [5, 5.41) is 0. The number of hydrogen-bond donors (Lipinski definition) is 1. The predicted molar refractivity (Wildman–Crippen MR) is 65.6 cm³/mol. The lowest BCUT2D eigenvalue weighted by Gasteiger charge is -2.20. The van der Waals surface area contributed by atoms with Gasteiger partial charge in [0, 0.05) is 6.04 Å². The third-order valence-corrected chi connectivity index (χ3v) is 2.69. The summed E-state index contributed by atoms with van der Waals surface area (Å²) in [6.45, 7) is 3.23. The minimum atomic E-state index is -0.389. The van der Waals surface area contributed by atoms with Gasteiger partial charge in [0.1, 0.15) is 13.2 Å². The molecule has 0 radical (unpaired) electrons. The van der Waals surface area contributed by atoms with E-state index >= 15 is 0 Å². The first-order valence-electron chi connectivity index (χ1n) is 6.01. The fourth-order valence-electron chi connectivity index (χ4n) is 1.81. The molecule has 5 nitrogen and oxygen atoms in total. The summed E-state index contributed by atoms with van der Waals surface area (Å²) in [4.78, 5) is 11.4. The molecule has 98 valence electrons. The van der Waals surface area contributed by atoms with E-state index in [2.05, 4.69) is 0 Å². The van der Waals surface area contributed by atoms with Gasteiger partial charge >= 0.3 is 5.97 Å². The Bertz CT molecular complexity index is 433. The van der Waals surface area contributed by atoms with Crippen molar-refractivity contribution in [3.8, 4) is 11.5 Å². The molecule has 0 aromatic heterocycles. The van der Waals surface area contributed by atoms with Crippen molar-refractivity contribution < 1.29 is 19.0 Å². The predicted octanol–water partition coefficient (Wildman–Crippen LogP) is 1.41. The molecule has 0 bridgehead atoms. The van der Waals surface area contributed by atoms with Crippen molar-refractivity contribution in [2.75, 3.05) is 19.8 Å². The van der Waals surface area contributed by atoms with Crippen LogP contribution in [0.2, 0.25) is 0 Å². The smallest absolute Gasteiger partial charge is 0.307 e. The zero-order valence-electron chi connectivity index (χ0n) is 10.3. The first-order chi connectivity index (χ1) is 8.70. The summed E-state index contributed by atoms with van der Waals surface area (Å²) in [7, 11) is 0. The summed E-state index contributed by atoms with van der Waals surface area (Å²) < 4.78 is 15.8. The largest absolute Gasteiger partial charge is 0.486 e. The Kier molecular flexibility index (Phi) is 4.04. The highest BCUT2D eigenvalue weighted by Crippen LogP contribution is 2.32. The summed E-state index contributed by atoms with van der Waals surface area (Å²) >= 11 is 0. The van der Waals surface area contributed by atoms with Gasteiger partial charge in [-0.3, -0.25) is 4.79 Å². The van der Waals surface area contributed by atoms with E-state index in [1.165, 1.54) is 0 Å². The van der Waals surface area contributed by atoms with Crippen LogP contribution in [0.25, 0.3) is 0 Å². The monoisotopic (exact) mass is 251 g/mol. The van der Waals surface area contributed by atoms with Crippen LogP contribution in [0.4, 0.5) is 0 Å². The molecule has 1 aliphatic heterocycles. The molecule has 2 rings (SSSR count). The van der Waals surface area contributed by atoms with Gasteiger partial charge in [-0.15, -0.1) is 0 Å². The summed E-state index contributed by atoms with van der Waals surface area (Å²) in [5.41, 5.74) is 6.80. The van der Waals surface area contributed by atoms with Gasteiger partial charge in [0.2, 0.25) is 0 Å². The standard InChI is InChI=1S/C13H17NO4/c1-2-16-13(15)8-10(14)9-3-4-11-12(7-9)18-6-5-17-11/h3-4,7,10H,2,5-6,8,14H2,1H3/t10-/m0/s1. The van der Waals surface area contributed by atoms with Gasteiger partial charge in [0.15, 0.2) is 11.5 Å². The molecule has 1 aromatic carbocycles. The normalized spacial score (nSPS) is 15.0. The molecular weight excluding hydrogens is 234 g/mol. The van der Waals surface area contributed by atoms with E-state index < -0.39 is 0 Å². The van der Waals surface area contributed by atoms with E-state index in [0.29, 0.717) is 31.3 Å².